The minimum atomic E-state index is -0.447. The van der Waals surface area contributed by atoms with E-state index in [1.54, 1.807) is 0 Å². The molecule has 0 saturated heterocycles. The molecule has 1 rings (SSSR count). The van der Waals surface area contributed by atoms with Gasteiger partial charge in [0.05, 0.1) is 0 Å². The quantitative estimate of drug-likeness (QED) is 0.715. The van der Waals surface area contributed by atoms with E-state index in [0.29, 0.717) is 11.3 Å². The van der Waals surface area contributed by atoms with Crippen LogP contribution in [0.1, 0.15) is 47.5 Å². The van der Waals surface area contributed by atoms with Gasteiger partial charge >= 0.3 is 5.97 Å². The van der Waals surface area contributed by atoms with E-state index in [1.807, 2.05) is 20.8 Å². The summed E-state index contributed by atoms with van der Waals surface area (Å²) < 4.78 is 5.26. The number of carbonyl (C=O) groups excluding carboxylic acids is 1. The number of ether oxygens (including phenoxy) is 1. The Labute approximate surface area is 92.4 Å². The molecular formula is C12H23NO2. The maximum absolute atomic E-state index is 11.7. The van der Waals surface area contributed by atoms with Crippen LogP contribution in [0.15, 0.2) is 0 Å². The summed E-state index contributed by atoms with van der Waals surface area (Å²) in [6.07, 6.45) is 2.04. The Morgan fingerprint density at radius 3 is 2.20 bits per heavy atom. The van der Waals surface area contributed by atoms with Gasteiger partial charge < -0.3 is 10.5 Å². The minimum Gasteiger partial charge on any atom is -0.459 e. The van der Waals surface area contributed by atoms with E-state index in [2.05, 4.69) is 13.8 Å². The second-order valence-corrected chi connectivity index (χ2v) is 6.39. The summed E-state index contributed by atoms with van der Waals surface area (Å²) in [5.74, 6) is 0.0397. The minimum absolute atomic E-state index is 0.261. The molecule has 15 heavy (non-hydrogen) atoms. The smallest absolute Gasteiger partial charge is 0.323 e. The van der Waals surface area contributed by atoms with Crippen LogP contribution in [0.3, 0.4) is 0 Å². The molecule has 0 aromatic rings. The van der Waals surface area contributed by atoms with E-state index >= 15 is 0 Å². The van der Waals surface area contributed by atoms with Gasteiger partial charge in [-0.25, -0.2) is 0 Å². The normalized spacial score (nSPS) is 23.1. The first-order valence-corrected chi connectivity index (χ1v) is 5.59. The van der Waals surface area contributed by atoms with Gasteiger partial charge in [0.15, 0.2) is 0 Å². The highest BCUT2D eigenvalue weighted by molar-refractivity contribution is 5.76. The average molecular weight is 213 g/mol. The van der Waals surface area contributed by atoms with Crippen molar-refractivity contribution in [2.75, 3.05) is 0 Å². The Hall–Kier alpha value is -0.570. The summed E-state index contributed by atoms with van der Waals surface area (Å²) in [5, 5.41) is 0. The number of nitrogens with two attached hydrogens (primary N) is 1. The lowest BCUT2D eigenvalue weighted by molar-refractivity contribution is -0.160. The van der Waals surface area contributed by atoms with Gasteiger partial charge in [-0.15, -0.1) is 0 Å². The van der Waals surface area contributed by atoms with Crippen LogP contribution in [0.2, 0.25) is 0 Å². The van der Waals surface area contributed by atoms with Crippen LogP contribution in [0.5, 0.6) is 0 Å². The van der Waals surface area contributed by atoms with Gasteiger partial charge in [-0.3, -0.25) is 4.79 Å². The lowest BCUT2D eigenvalue weighted by Gasteiger charge is -2.44. The lowest BCUT2D eigenvalue weighted by Crippen LogP contribution is -2.49. The average Bonchev–Trinajstić information content (AvgIpc) is 1.95. The van der Waals surface area contributed by atoms with Crippen molar-refractivity contribution in [2.45, 2.75) is 59.1 Å². The predicted octanol–water partition coefficient (Wildman–Crippen LogP) is 2.09. The molecule has 1 saturated carbocycles. The Morgan fingerprint density at radius 2 is 1.87 bits per heavy atom. The van der Waals surface area contributed by atoms with E-state index in [9.17, 15) is 4.79 Å². The van der Waals surface area contributed by atoms with Crippen molar-refractivity contribution in [3.63, 3.8) is 0 Å². The molecule has 0 aliphatic heterocycles. The van der Waals surface area contributed by atoms with Gasteiger partial charge in [0.25, 0.3) is 0 Å². The molecule has 0 radical (unpaired) electrons. The molecule has 0 bridgehead atoms. The molecule has 1 aliphatic carbocycles. The Kier molecular flexibility index (Phi) is 3.15. The van der Waals surface area contributed by atoms with Crippen molar-refractivity contribution in [3.8, 4) is 0 Å². The summed E-state index contributed by atoms with van der Waals surface area (Å²) in [7, 11) is 0. The van der Waals surface area contributed by atoms with Gasteiger partial charge in [-0.2, -0.15) is 0 Å². The maximum atomic E-state index is 11.7. The third kappa shape index (κ3) is 3.49. The summed E-state index contributed by atoms with van der Waals surface area (Å²) in [6.45, 7) is 9.99. The second-order valence-electron chi connectivity index (χ2n) is 6.39. The SMILES string of the molecule is CC1(C)CC(C(N)C(=O)OC(C)(C)C)C1. The zero-order valence-corrected chi connectivity index (χ0v) is 10.5. The molecule has 1 unspecified atom stereocenters. The Bertz CT molecular complexity index is 245. The molecule has 1 fully saturated rings. The first-order chi connectivity index (χ1) is 6.61. The number of esters is 1. The van der Waals surface area contributed by atoms with Crippen molar-refractivity contribution in [3.05, 3.63) is 0 Å². The maximum Gasteiger partial charge on any atom is 0.323 e. The van der Waals surface area contributed by atoms with Crippen LogP contribution >= 0.6 is 0 Å². The second kappa shape index (κ2) is 3.78. The first-order valence-electron chi connectivity index (χ1n) is 5.59. The number of rotatable bonds is 2. The van der Waals surface area contributed by atoms with Crippen LogP contribution < -0.4 is 5.73 Å². The fraction of sp³-hybridized carbons (Fsp3) is 0.917. The highest BCUT2D eigenvalue weighted by Gasteiger charge is 2.42. The van der Waals surface area contributed by atoms with Crippen LogP contribution in [0.25, 0.3) is 0 Å². The molecule has 0 heterocycles. The summed E-state index contributed by atoms with van der Waals surface area (Å²) in [6, 6.07) is -0.447. The van der Waals surface area contributed by atoms with E-state index in [-0.39, 0.29) is 5.97 Å². The molecule has 3 nitrogen and oxygen atoms in total. The van der Waals surface area contributed by atoms with Crippen LogP contribution in [0.4, 0.5) is 0 Å². The molecular weight excluding hydrogens is 190 g/mol. The van der Waals surface area contributed by atoms with Gasteiger partial charge in [-0.1, -0.05) is 13.8 Å². The molecule has 0 aromatic carbocycles. The zero-order chi connectivity index (χ0) is 11.9. The van der Waals surface area contributed by atoms with Crippen LogP contribution in [0, 0.1) is 11.3 Å². The van der Waals surface area contributed by atoms with Gasteiger partial charge in [-0.05, 0) is 44.9 Å². The number of hydrogen-bond donors (Lipinski definition) is 1. The zero-order valence-electron chi connectivity index (χ0n) is 10.5. The van der Waals surface area contributed by atoms with Crippen molar-refractivity contribution >= 4 is 5.97 Å². The Morgan fingerprint density at radius 1 is 1.40 bits per heavy atom. The van der Waals surface area contributed by atoms with Gasteiger partial charge in [0.1, 0.15) is 11.6 Å². The summed E-state index contributed by atoms with van der Waals surface area (Å²) >= 11 is 0. The highest BCUT2D eigenvalue weighted by atomic mass is 16.6. The standard InChI is InChI=1S/C12H23NO2/c1-11(2,3)15-10(14)9(13)8-6-12(4,5)7-8/h8-9H,6-7,13H2,1-5H3. The first kappa shape index (κ1) is 12.5. The van der Waals surface area contributed by atoms with Gasteiger partial charge in [0, 0.05) is 0 Å². The van der Waals surface area contributed by atoms with Gasteiger partial charge in [0.2, 0.25) is 0 Å². The topological polar surface area (TPSA) is 52.3 Å². The number of hydrogen-bond acceptors (Lipinski definition) is 3. The molecule has 1 aliphatic rings. The molecule has 3 heteroatoms. The molecule has 2 N–H and O–H groups in total. The van der Waals surface area contributed by atoms with Crippen molar-refractivity contribution in [2.24, 2.45) is 17.1 Å². The van der Waals surface area contributed by atoms with Crippen molar-refractivity contribution in [1.29, 1.82) is 0 Å². The van der Waals surface area contributed by atoms with E-state index in [4.69, 9.17) is 10.5 Å². The molecule has 1 atom stereocenters. The molecule has 88 valence electrons. The van der Waals surface area contributed by atoms with Crippen molar-refractivity contribution < 1.29 is 9.53 Å². The third-order valence-corrected chi connectivity index (χ3v) is 2.82. The van der Waals surface area contributed by atoms with E-state index in [1.165, 1.54) is 0 Å². The molecule has 0 spiro atoms. The Balaban J connectivity index is 2.42. The lowest BCUT2D eigenvalue weighted by atomic mass is 9.62. The summed E-state index contributed by atoms with van der Waals surface area (Å²) in [5.41, 5.74) is 5.79. The summed E-state index contributed by atoms with van der Waals surface area (Å²) in [4.78, 5) is 11.7. The predicted molar refractivity (Wildman–Crippen MR) is 60.3 cm³/mol. The monoisotopic (exact) mass is 213 g/mol. The third-order valence-electron chi connectivity index (χ3n) is 2.82. The van der Waals surface area contributed by atoms with Crippen molar-refractivity contribution in [1.82, 2.24) is 0 Å². The fourth-order valence-corrected chi connectivity index (χ4v) is 2.18. The molecule has 0 aromatic heterocycles. The van der Waals surface area contributed by atoms with E-state index < -0.39 is 11.6 Å². The fourth-order valence-electron chi connectivity index (χ4n) is 2.18. The number of carbonyl (C=O) groups is 1. The van der Waals surface area contributed by atoms with Crippen LogP contribution in [-0.4, -0.2) is 17.6 Å². The largest absolute Gasteiger partial charge is 0.459 e. The van der Waals surface area contributed by atoms with E-state index in [0.717, 1.165) is 12.8 Å². The molecule has 0 amide bonds. The van der Waals surface area contributed by atoms with Crippen LogP contribution in [-0.2, 0) is 9.53 Å². The highest BCUT2D eigenvalue weighted by Crippen LogP contribution is 2.46.